The monoisotopic (exact) mass is 327 g/mol. The number of rotatable bonds is 6. The molecule has 1 fully saturated rings. The summed E-state index contributed by atoms with van der Waals surface area (Å²) in [6.45, 7) is -0.146. The van der Waals surface area contributed by atoms with E-state index in [9.17, 15) is 9.59 Å². The van der Waals surface area contributed by atoms with Crippen LogP contribution in [0.4, 0.5) is 10.5 Å². The van der Waals surface area contributed by atoms with Gasteiger partial charge in [0.25, 0.3) is 0 Å². The molecule has 0 bridgehead atoms. The Kier molecular flexibility index (Phi) is 5.32. The van der Waals surface area contributed by atoms with Crippen molar-refractivity contribution < 1.29 is 19.1 Å². The van der Waals surface area contributed by atoms with E-state index in [4.69, 9.17) is 21.1 Å². The summed E-state index contributed by atoms with van der Waals surface area (Å²) in [6, 6.07) is 2.99. The highest BCUT2D eigenvalue weighted by Gasteiger charge is 2.23. The Balaban J connectivity index is 1.93. The lowest BCUT2D eigenvalue weighted by Crippen LogP contribution is -2.40. The zero-order valence-corrected chi connectivity index (χ0v) is 13.1. The van der Waals surface area contributed by atoms with Crippen molar-refractivity contribution >= 4 is 29.2 Å². The van der Waals surface area contributed by atoms with E-state index >= 15 is 0 Å². The second-order valence-corrected chi connectivity index (χ2v) is 5.24. The largest absolute Gasteiger partial charge is 0.495 e. The zero-order valence-electron chi connectivity index (χ0n) is 12.4. The van der Waals surface area contributed by atoms with Crippen molar-refractivity contribution in [1.82, 2.24) is 10.6 Å². The van der Waals surface area contributed by atoms with Crippen LogP contribution in [-0.2, 0) is 4.79 Å². The minimum atomic E-state index is -0.381. The first-order valence-corrected chi connectivity index (χ1v) is 7.17. The van der Waals surface area contributed by atoms with Crippen LogP contribution in [0.3, 0.4) is 0 Å². The molecule has 0 unspecified atom stereocenters. The Morgan fingerprint density at radius 2 is 1.91 bits per heavy atom. The summed E-state index contributed by atoms with van der Waals surface area (Å²) in [5.41, 5.74) is 0.415. The number of methoxy groups -OCH3 is 2. The van der Waals surface area contributed by atoms with Crippen molar-refractivity contribution in [3.8, 4) is 11.5 Å². The molecule has 1 aliphatic carbocycles. The number of ether oxygens (including phenoxy) is 2. The topological polar surface area (TPSA) is 88.7 Å². The van der Waals surface area contributed by atoms with Crippen LogP contribution in [0.25, 0.3) is 0 Å². The maximum absolute atomic E-state index is 11.9. The predicted octanol–water partition coefficient (Wildman–Crippen LogP) is 1.76. The van der Waals surface area contributed by atoms with Crippen molar-refractivity contribution in [2.24, 2.45) is 0 Å². The summed E-state index contributed by atoms with van der Waals surface area (Å²) in [4.78, 5) is 23.3. The number of urea groups is 1. The number of anilines is 1. The Hall–Kier alpha value is -2.15. The molecule has 7 nitrogen and oxygen atoms in total. The van der Waals surface area contributed by atoms with Crippen LogP contribution in [0.1, 0.15) is 12.8 Å². The van der Waals surface area contributed by atoms with Gasteiger partial charge in [-0.15, -0.1) is 0 Å². The van der Waals surface area contributed by atoms with E-state index in [-0.39, 0.29) is 24.5 Å². The standard InChI is InChI=1S/C14H18ClN3O4/c1-21-11-6-10(12(22-2)5-9(11)15)18-13(19)7-16-14(20)17-8-3-4-8/h5-6,8H,3-4,7H2,1-2H3,(H,18,19)(H2,16,17,20). The van der Waals surface area contributed by atoms with Crippen molar-refractivity contribution in [2.45, 2.75) is 18.9 Å². The van der Waals surface area contributed by atoms with E-state index < -0.39 is 0 Å². The van der Waals surface area contributed by atoms with E-state index in [2.05, 4.69) is 16.0 Å². The predicted molar refractivity (Wildman–Crippen MR) is 82.7 cm³/mol. The van der Waals surface area contributed by atoms with E-state index in [1.54, 1.807) is 12.1 Å². The molecule has 22 heavy (non-hydrogen) atoms. The number of carbonyl (C=O) groups excluding carboxylic acids is 2. The van der Waals surface area contributed by atoms with Crippen molar-refractivity contribution in [1.29, 1.82) is 0 Å². The average molecular weight is 328 g/mol. The van der Waals surface area contributed by atoms with Gasteiger partial charge in [0.05, 0.1) is 31.5 Å². The fourth-order valence-corrected chi connectivity index (χ4v) is 2.01. The molecule has 1 aromatic carbocycles. The summed E-state index contributed by atoms with van der Waals surface area (Å²) < 4.78 is 10.3. The fraction of sp³-hybridized carbons (Fsp3) is 0.429. The lowest BCUT2D eigenvalue weighted by molar-refractivity contribution is -0.115. The van der Waals surface area contributed by atoms with Crippen LogP contribution in [0.5, 0.6) is 11.5 Å². The maximum atomic E-state index is 11.9. The van der Waals surface area contributed by atoms with Crippen molar-refractivity contribution in [3.63, 3.8) is 0 Å². The molecule has 1 saturated carbocycles. The molecular weight excluding hydrogens is 310 g/mol. The van der Waals surface area contributed by atoms with Gasteiger partial charge in [-0.25, -0.2) is 4.79 Å². The van der Waals surface area contributed by atoms with Crippen molar-refractivity contribution in [3.05, 3.63) is 17.2 Å². The SMILES string of the molecule is COc1cc(NC(=O)CNC(=O)NC2CC2)c(OC)cc1Cl. The zero-order chi connectivity index (χ0) is 16.1. The first kappa shape index (κ1) is 16.2. The summed E-state index contributed by atoms with van der Waals surface area (Å²) in [5.74, 6) is 0.437. The van der Waals surface area contributed by atoms with Gasteiger partial charge in [-0.2, -0.15) is 0 Å². The third-order valence-electron chi connectivity index (χ3n) is 3.07. The van der Waals surface area contributed by atoms with Gasteiger partial charge >= 0.3 is 6.03 Å². The molecule has 0 saturated heterocycles. The van der Waals surface area contributed by atoms with Gasteiger partial charge in [-0.3, -0.25) is 4.79 Å². The third-order valence-corrected chi connectivity index (χ3v) is 3.37. The Morgan fingerprint density at radius 3 is 2.50 bits per heavy atom. The average Bonchev–Trinajstić information content (AvgIpc) is 3.30. The molecule has 2 rings (SSSR count). The minimum Gasteiger partial charge on any atom is -0.495 e. The number of hydrogen-bond acceptors (Lipinski definition) is 4. The summed E-state index contributed by atoms with van der Waals surface area (Å²) >= 11 is 5.99. The molecule has 120 valence electrons. The van der Waals surface area contributed by atoms with Crippen LogP contribution in [-0.4, -0.2) is 38.7 Å². The van der Waals surface area contributed by atoms with Gasteiger partial charge in [0.15, 0.2) is 0 Å². The van der Waals surface area contributed by atoms with Crippen LogP contribution >= 0.6 is 11.6 Å². The van der Waals surface area contributed by atoms with Gasteiger partial charge in [-0.1, -0.05) is 11.6 Å². The minimum absolute atomic E-state index is 0.146. The quantitative estimate of drug-likeness (QED) is 0.742. The Labute approximate surface area is 133 Å². The first-order valence-electron chi connectivity index (χ1n) is 6.79. The van der Waals surface area contributed by atoms with Gasteiger partial charge in [0, 0.05) is 18.2 Å². The van der Waals surface area contributed by atoms with Gasteiger partial charge in [0.2, 0.25) is 5.91 Å². The molecule has 0 spiro atoms. The van der Waals surface area contributed by atoms with Crippen LogP contribution in [0.2, 0.25) is 5.02 Å². The summed E-state index contributed by atoms with van der Waals surface area (Å²) in [5, 5.41) is 8.24. The molecule has 0 heterocycles. The normalized spacial score (nSPS) is 13.2. The summed E-state index contributed by atoms with van der Waals surface area (Å²) in [7, 11) is 2.94. The molecule has 0 aliphatic heterocycles. The second kappa shape index (κ2) is 7.22. The lowest BCUT2D eigenvalue weighted by Gasteiger charge is -2.13. The maximum Gasteiger partial charge on any atom is 0.315 e. The number of amides is 3. The number of hydrogen-bond donors (Lipinski definition) is 3. The molecule has 1 aliphatic rings. The number of carbonyl (C=O) groups is 2. The number of benzene rings is 1. The van der Waals surface area contributed by atoms with Crippen LogP contribution in [0.15, 0.2) is 12.1 Å². The smallest absolute Gasteiger partial charge is 0.315 e. The highest BCUT2D eigenvalue weighted by atomic mass is 35.5. The second-order valence-electron chi connectivity index (χ2n) is 4.84. The van der Waals surface area contributed by atoms with Gasteiger partial charge in [-0.05, 0) is 12.8 Å². The molecule has 3 amide bonds. The number of nitrogens with one attached hydrogen (secondary N) is 3. The van der Waals surface area contributed by atoms with E-state index in [0.29, 0.717) is 22.2 Å². The highest BCUT2D eigenvalue weighted by Crippen LogP contribution is 2.35. The lowest BCUT2D eigenvalue weighted by atomic mass is 10.2. The van der Waals surface area contributed by atoms with Gasteiger partial charge in [0.1, 0.15) is 11.5 Å². The molecular formula is C14H18ClN3O4. The molecule has 0 aromatic heterocycles. The fourth-order valence-electron chi connectivity index (χ4n) is 1.78. The van der Waals surface area contributed by atoms with Gasteiger partial charge < -0.3 is 25.4 Å². The van der Waals surface area contributed by atoms with E-state index in [1.807, 2.05) is 0 Å². The van der Waals surface area contributed by atoms with Crippen molar-refractivity contribution in [2.75, 3.05) is 26.1 Å². The first-order chi connectivity index (χ1) is 10.5. The molecule has 3 N–H and O–H groups in total. The van der Waals surface area contributed by atoms with E-state index in [0.717, 1.165) is 12.8 Å². The molecule has 8 heteroatoms. The highest BCUT2D eigenvalue weighted by molar-refractivity contribution is 6.32. The summed E-state index contributed by atoms with van der Waals surface area (Å²) in [6.07, 6.45) is 1.97. The third kappa shape index (κ3) is 4.42. The Bertz CT molecular complexity index is 575. The van der Waals surface area contributed by atoms with E-state index in [1.165, 1.54) is 14.2 Å². The molecule has 0 radical (unpaired) electrons. The number of halogens is 1. The molecule has 0 atom stereocenters. The van der Waals surface area contributed by atoms with Crippen LogP contribution in [0, 0.1) is 0 Å². The Morgan fingerprint density at radius 1 is 1.23 bits per heavy atom. The molecule has 1 aromatic rings. The van der Waals surface area contributed by atoms with Crippen LogP contribution < -0.4 is 25.4 Å².